The predicted octanol–water partition coefficient (Wildman–Crippen LogP) is 4.67. The number of rotatable bonds is 4. The number of hydrogen-bond acceptors (Lipinski definition) is 5. The van der Waals surface area contributed by atoms with Gasteiger partial charge in [-0.2, -0.15) is 0 Å². The molecule has 0 aliphatic carbocycles. The number of aromatic nitrogens is 1. The number of esters is 1. The molecule has 1 aromatic heterocycles. The number of phenolic OH excluding ortho intramolecular Hbond substituents is 1. The number of thiazole rings is 1. The maximum atomic E-state index is 12.0. The molecular formula is C19H17NO3S. The zero-order valence-corrected chi connectivity index (χ0v) is 14.3. The zero-order chi connectivity index (χ0) is 17.1. The highest BCUT2D eigenvalue weighted by Gasteiger charge is 2.19. The van der Waals surface area contributed by atoms with Crippen molar-refractivity contribution in [2.45, 2.75) is 13.8 Å². The molecule has 2 aromatic carbocycles. The Morgan fingerprint density at radius 2 is 1.92 bits per heavy atom. The number of carbonyl (C=O) groups excluding carboxylic acids is 1. The van der Waals surface area contributed by atoms with Crippen LogP contribution in [0.3, 0.4) is 0 Å². The number of hydrogen-bond donors (Lipinski definition) is 1. The number of ether oxygens (including phenoxy) is 1. The van der Waals surface area contributed by atoms with Gasteiger partial charge in [-0.25, -0.2) is 9.78 Å². The average Bonchev–Trinajstić information content (AvgIpc) is 2.98. The van der Waals surface area contributed by atoms with Crippen molar-refractivity contribution in [1.82, 2.24) is 4.98 Å². The summed E-state index contributed by atoms with van der Waals surface area (Å²) < 4.78 is 5.05. The lowest BCUT2D eigenvalue weighted by Crippen LogP contribution is -2.03. The van der Waals surface area contributed by atoms with E-state index in [4.69, 9.17) is 4.74 Å². The van der Waals surface area contributed by atoms with Gasteiger partial charge in [0.25, 0.3) is 0 Å². The van der Waals surface area contributed by atoms with Crippen LogP contribution in [0.5, 0.6) is 5.75 Å². The number of aryl methyl sites for hydroxylation is 1. The molecule has 0 aliphatic heterocycles. The van der Waals surface area contributed by atoms with E-state index in [1.165, 1.54) is 11.3 Å². The lowest BCUT2D eigenvalue weighted by Gasteiger charge is -2.06. The number of carbonyl (C=O) groups is 1. The maximum Gasteiger partial charge on any atom is 0.350 e. The lowest BCUT2D eigenvalue weighted by molar-refractivity contribution is 0.0531. The van der Waals surface area contributed by atoms with Crippen LogP contribution in [0.1, 0.15) is 22.3 Å². The van der Waals surface area contributed by atoms with E-state index in [9.17, 15) is 9.90 Å². The Labute approximate surface area is 144 Å². The summed E-state index contributed by atoms with van der Waals surface area (Å²) in [5.74, 6) is -0.240. The van der Waals surface area contributed by atoms with Crippen LogP contribution in [-0.4, -0.2) is 22.7 Å². The van der Waals surface area contributed by atoms with Gasteiger partial charge in [-0.15, -0.1) is 11.3 Å². The van der Waals surface area contributed by atoms with Gasteiger partial charge in [0.15, 0.2) is 0 Å². The first-order valence-corrected chi connectivity index (χ1v) is 8.45. The molecule has 1 N–H and O–H groups in total. The third kappa shape index (κ3) is 3.16. The van der Waals surface area contributed by atoms with Crippen LogP contribution in [0.2, 0.25) is 0 Å². The van der Waals surface area contributed by atoms with Crippen molar-refractivity contribution >= 4 is 17.3 Å². The topological polar surface area (TPSA) is 59.4 Å². The van der Waals surface area contributed by atoms with Gasteiger partial charge in [0.1, 0.15) is 15.6 Å². The number of phenols is 1. The Bertz CT molecular complexity index is 872. The molecule has 0 atom stereocenters. The van der Waals surface area contributed by atoms with E-state index in [2.05, 4.69) is 4.98 Å². The van der Waals surface area contributed by atoms with Crippen LogP contribution in [-0.2, 0) is 4.74 Å². The van der Waals surface area contributed by atoms with E-state index in [0.29, 0.717) is 27.7 Å². The second-order valence-corrected chi connectivity index (χ2v) is 6.25. The highest BCUT2D eigenvalue weighted by molar-refractivity contribution is 7.17. The fraction of sp³-hybridized carbons (Fsp3) is 0.158. The highest BCUT2D eigenvalue weighted by Crippen LogP contribution is 2.37. The van der Waals surface area contributed by atoms with Crippen LogP contribution in [0.15, 0.2) is 48.5 Å². The Kier molecular flexibility index (Phi) is 4.62. The first-order valence-electron chi connectivity index (χ1n) is 7.63. The summed E-state index contributed by atoms with van der Waals surface area (Å²) in [6.07, 6.45) is 0. The predicted molar refractivity (Wildman–Crippen MR) is 95.3 cm³/mol. The van der Waals surface area contributed by atoms with Gasteiger partial charge in [0.2, 0.25) is 0 Å². The van der Waals surface area contributed by atoms with E-state index in [1.54, 1.807) is 19.9 Å². The smallest absolute Gasteiger partial charge is 0.350 e. The number of aromatic hydroxyl groups is 1. The first-order chi connectivity index (χ1) is 11.6. The van der Waals surface area contributed by atoms with Crippen LogP contribution in [0.4, 0.5) is 0 Å². The third-order valence-corrected chi connectivity index (χ3v) is 4.76. The Balaban J connectivity index is 2.04. The summed E-state index contributed by atoms with van der Waals surface area (Å²) in [6.45, 7) is 3.86. The Morgan fingerprint density at radius 1 is 1.17 bits per heavy atom. The molecule has 0 amide bonds. The largest absolute Gasteiger partial charge is 0.507 e. The number of benzene rings is 2. The van der Waals surface area contributed by atoms with E-state index in [-0.39, 0.29) is 11.7 Å². The minimum absolute atomic E-state index is 0.138. The molecule has 0 aliphatic rings. The second kappa shape index (κ2) is 6.84. The molecule has 0 saturated carbocycles. The maximum absolute atomic E-state index is 12.0. The quantitative estimate of drug-likeness (QED) is 0.702. The Morgan fingerprint density at radius 3 is 2.62 bits per heavy atom. The van der Waals surface area contributed by atoms with E-state index in [1.807, 2.05) is 42.5 Å². The van der Waals surface area contributed by atoms with Gasteiger partial charge in [-0.05, 0) is 37.1 Å². The van der Waals surface area contributed by atoms with Crippen molar-refractivity contribution in [1.29, 1.82) is 0 Å². The molecule has 0 bridgehead atoms. The van der Waals surface area contributed by atoms with Gasteiger partial charge in [-0.1, -0.05) is 36.4 Å². The van der Waals surface area contributed by atoms with Crippen molar-refractivity contribution in [3.8, 4) is 27.4 Å². The molecule has 3 rings (SSSR count). The summed E-state index contributed by atoms with van der Waals surface area (Å²) in [6, 6.07) is 15.3. The average molecular weight is 339 g/mol. The lowest BCUT2D eigenvalue weighted by atomic mass is 10.0. The third-order valence-electron chi connectivity index (χ3n) is 3.59. The second-order valence-electron chi connectivity index (χ2n) is 5.25. The van der Waals surface area contributed by atoms with Crippen molar-refractivity contribution in [2.75, 3.05) is 6.61 Å². The van der Waals surface area contributed by atoms with E-state index < -0.39 is 0 Å². The van der Waals surface area contributed by atoms with Gasteiger partial charge in [0, 0.05) is 0 Å². The molecule has 0 spiro atoms. The summed E-state index contributed by atoms with van der Waals surface area (Å²) in [7, 11) is 0. The first kappa shape index (κ1) is 16.2. The molecule has 122 valence electrons. The summed E-state index contributed by atoms with van der Waals surface area (Å²) in [4.78, 5) is 16.9. The standard InChI is InChI=1S/C19H17NO3S/c1-3-23-19(22)17-12(2)20-18(24-17)15-11-14(9-10-16(15)21)13-7-5-4-6-8-13/h4-11,21H,3H2,1-2H3. The molecule has 3 aromatic rings. The molecule has 0 unspecified atom stereocenters. The SMILES string of the molecule is CCOC(=O)c1sc(-c2cc(-c3ccccc3)ccc2O)nc1C. The molecule has 1 heterocycles. The monoisotopic (exact) mass is 339 g/mol. The minimum Gasteiger partial charge on any atom is -0.507 e. The fourth-order valence-corrected chi connectivity index (χ4v) is 3.40. The summed E-state index contributed by atoms with van der Waals surface area (Å²) in [5.41, 5.74) is 3.25. The van der Waals surface area contributed by atoms with Crippen LogP contribution < -0.4 is 0 Å². The molecule has 5 heteroatoms. The summed E-state index contributed by atoms with van der Waals surface area (Å²) in [5, 5.41) is 10.8. The van der Waals surface area contributed by atoms with Gasteiger partial charge >= 0.3 is 5.97 Å². The minimum atomic E-state index is -0.377. The molecule has 24 heavy (non-hydrogen) atoms. The van der Waals surface area contributed by atoms with Crippen molar-refractivity contribution < 1.29 is 14.6 Å². The van der Waals surface area contributed by atoms with Gasteiger partial charge < -0.3 is 9.84 Å². The zero-order valence-electron chi connectivity index (χ0n) is 13.4. The number of nitrogens with zero attached hydrogens (tertiary/aromatic N) is 1. The van der Waals surface area contributed by atoms with Crippen LogP contribution in [0, 0.1) is 6.92 Å². The fourth-order valence-electron chi connectivity index (χ4n) is 2.42. The van der Waals surface area contributed by atoms with Gasteiger partial charge in [-0.3, -0.25) is 0 Å². The molecule has 4 nitrogen and oxygen atoms in total. The molecule has 0 radical (unpaired) electrons. The molecular weight excluding hydrogens is 322 g/mol. The molecule has 0 saturated heterocycles. The van der Waals surface area contributed by atoms with Crippen LogP contribution in [0.25, 0.3) is 21.7 Å². The van der Waals surface area contributed by atoms with Crippen molar-refractivity contribution in [2.24, 2.45) is 0 Å². The summed E-state index contributed by atoms with van der Waals surface area (Å²) >= 11 is 1.23. The van der Waals surface area contributed by atoms with E-state index in [0.717, 1.165) is 11.1 Å². The van der Waals surface area contributed by atoms with Gasteiger partial charge in [0.05, 0.1) is 17.9 Å². The normalized spacial score (nSPS) is 10.6. The van der Waals surface area contributed by atoms with E-state index >= 15 is 0 Å². The van der Waals surface area contributed by atoms with Crippen molar-refractivity contribution in [3.05, 3.63) is 59.1 Å². The van der Waals surface area contributed by atoms with Crippen LogP contribution >= 0.6 is 11.3 Å². The highest BCUT2D eigenvalue weighted by atomic mass is 32.1. The van der Waals surface area contributed by atoms with Crippen molar-refractivity contribution in [3.63, 3.8) is 0 Å². The molecule has 0 fully saturated rings. The Hall–Kier alpha value is -2.66.